The van der Waals surface area contributed by atoms with Crippen LogP contribution in [0, 0.1) is 11.8 Å². The first-order valence-electron chi connectivity index (χ1n) is 6.82. The lowest BCUT2D eigenvalue weighted by atomic mass is 9.85. The van der Waals surface area contributed by atoms with Gasteiger partial charge in [0.05, 0.1) is 0 Å². The maximum Gasteiger partial charge on any atom is 0.220 e. The molecule has 0 aromatic heterocycles. The quantitative estimate of drug-likeness (QED) is 0.795. The summed E-state index contributed by atoms with van der Waals surface area (Å²) in [6.45, 7) is 3.19. The number of hydrogen-bond donors (Lipinski definition) is 2. The molecule has 2 N–H and O–H groups in total. The summed E-state index contributed by atoms with van der Waals surface area (Å²) in [5.41, 5.74) is 0. The first-order valence-corrected chi connectivity index (χ1v) is 6.82. The summed E-state index contributed by atoms with van der Waals surface area (Å²) >= 11 is 0. The van der Waals surface area contributed by atoms with Gasteiger partial charge in [-0.2, -0.15) is 0 Å². The Labute approximate surface area is 111 Å². The van der Waals surface area contributed by atoms with E-state index in [1.54, 1.807) is 0 Å². The Balaban J connectivity index is 0.00000144. The normalized spacial score (nSPS) is 21.4. The standard InChI is InChI=1S/C13H24N2O.ClH/c16-13(15-10-12-2-1-3-12)5-4-11-6-8-14-9-7-11;/h11-12,14H,1-10H2,(H,15,16);1H. The molecule has 0 aromatic rings. The van der Waals surface area contributed by atoms with Gasteiger partial charge in [-0.15, -0.1) is 12.4 Å². The van der Waals surface area contributed by atoms with E-state index >= 15 is 0 Å². The van der Waals surface area contributed by atoms with Crippen LogP contribution in [0.3, 0.4) is 0 Å². The molecule has 2 aliphatic rings. The molecular formula is C13H25ClN2O. The second kappa shape index (κ2) is 7.93. The Kier molecular flexibility index (Phi) is 6.90. The van der Waals surface area contributed by atoms with Crippen molar-refractivity contribution in [3.8, 4) is 0 Å². The number of carbonyl (C=O) groups excluding carboxylic acids is 1. The second-order valence-corrected chi connectivity index (χ2v) is 5.33. The highest BCUT2D eigenvalue weighted by Crippen LogP contribution is 2.25. The highest BCUT2D eigenvalue weighted by atomic mass is 35.5. The van der Waals surface area contributed by atoms with Gasteiger partial charge in [-0.25, -0.2) is 0 Å². The lowest BCUT2D eigenvalue weighted by Crippen LogP contribution is -2.33. The average molecular weight is 261 g/mol. The minimum absolute atomic E-state index is 0. The SMILES string of the molecule is Cl.O=C(CCC1CCNCC1)NCC1CCC1. The minimum atomic E-state index is 0. The molecule has 1 aliphatic heterocycles. The minimum Gasteiger partial charge on any atom is -0.356 e. The van der Waals surface area contributed by atoms with Gasteiger partial charge in [-0.1, -0.05) is 6.42 Å². The number of nitrogens with one attached hydrogen (secondary N) is 2. The van der Waals surface area contributed by atoms with E-state index in [4.69, 9.17) is 0 Å². The number of amides is 1. The van der Waals surface area contributed by atoms with Crippen molar-refractivity contribution in [2.24, 2.45) is 11.8 Å². The molecule has 0 aromatic carbocycles. The second-order valence-electron chi connectivity index (χ2n) is 5.33. The predicted octanol–water partition coefficient (Wildman–Crippen LogP) is 2.10. The molecule has 4 heteroatoms. The van der Waals surface area contributed by atoms with Crippen molar-refractivity contribution in [1.29, 1.82) is 0 Å². The Hall–Kier alpha value is -0.280. The maximum atomic E-state index is 11.6. The molecule has 1 saturated heterocycles. The van der Waals surface area contributed by atoms with Crippen molar-refractivity contribution in [1.82, 2.24) is 10.6 Å². The number of halogens is 1. The fraction of sp³-hybridized carbons (Fsp3) is 0.923. The summed E-state index contributed by atoms with van der Waals surface area (Å²) < 4.78 is 0. The summed E-state index contributed by atoms with van der Waals surface area (Å²) in [7, 11) is 0. The summed E-state index contributed by atoms with van der Waals surface area (Å²) in [4.78, 5) is 11.6. The van der Waals surface area contributed by atoms with E-state index in [-0.39, 0.29) is 18.3 Å². The molecule has 1 saturated carbocycles. The van der Waals surface area contributed by atoms with Crippen LogP contribution in [0.1, 0.15) is 44.9 Å². The maximum absolute atomic E-state index is 11.6. The van der Waals surface area contributed by atoms with Crippen molar-refractivity contribution < 1.29 is 4.79 Å². The fourth-order valence-corrected chi connectivity index (χ4v) is 2.55. The summed E-state index contributed by atoms with van der Waals surface area (Å²) in [6.07, 6.45) is 8.29. The molecule has 0 atom stereocenters. The Morgan fingerprint density at radius 1 is 1.12 bits per heavy atom. The van der Waals surface area contributed by atoms with Gasteiger partial charge in [0.25, 0.3) is 0 Å². The highest BCUT2D eigenvalue weighted by Gasteiger charge is 2.18. The zero-order chi connectivity index (χ0) is 11.2. The summed E-state index contributed by atoms with van der Waals surface area (Å²) in [5.74, 6) is 1.82. The third-order valence-electron chi connectivity index (χ3n) is 4.05. The van der Waals surface area contributed by atoms with Crippen LogP contribution in [0.15, 0.2) is 0 Å². The lowest BCUT2D eigenvalue weighted by molar-refractivity contribution is -0.121. The van der Waals surface area contributed by atoms with E-state index in [1.165, 1.54) is 32.1 Å². The number of carbonyl (C=O) groups is 1. The van der Waals surface area contributed by atoms with Gasteiger partial charge in [0, 0.05) is 13.0 Å². The van der Waals surface area contributed by atoms with Gasteiger partial charge in [-0.3, -0.25) is 4.79 Å². The van der Waals surface area contributed by atoms with Crippen molar-refractivity contribution in [3.63, 3.8) is 0 Å². The monoisotopic (exact) mass is 260 g/mol. The largest absolute Gasteiger partial charge is 0.356 e. The van der Waals surface area contributed by atoms with Crippen LogP contribution in [-0.2, 0) is 4.79 Å². The lowest BCUT2D eigenvalue weighted by Gasteiger charge is -2.26. The Morgan fingerprint density at radius 3 is 2.41 bits per heavy atom. The first kappa shape index (κ1) is 14.8. The molecule has 0 radical (unpaired) electrons. The van der Waals surface area contributed by atoms with Crippen molar-refractivity contribution in [3.05, 3.63) is 0 Å². The van der Waals surface area contributed by atoms with Crippen LogP contribution in [0.25, 0.3) is 0 Å². The van der Waals surface area contributed by atoms with Crippen molar-refractivity contribution in [2.75, 3.05) is 19.6 Å². The van der Waals surface area contributed by atoms with E-state index in [1.807, 2.05) is 0 Å². The van der Waals surface area contributed by atoms with Crippen LogP contribution in [0.5, 0.6) is 0 Å². The molecule has 1 amide bonds. The Morgan fingerprint density at radius 2 is 1.82 bits per heavy atom. The average Bonchev–Trinajstić information content (AvgIpc) is 2.26. The van der Waals surface area contributed by atoms with E-state index in [2.05, 4.69) is 10.6 Å². The topological polar surface area (TPSA) is 41.1 Å². The molecule has 0 spiro atoms. The smallest absolute Gasteiger partial charge is 0.220 e. The third kappa shape index (κ3) is 5.26. The molecule has 17 heavy (non-hydrogen) atoms. The van der Waals surface area contributed by atoms with Gasteiger partial charge in [-0.05, 0) is 57.0 Å². The van der Waals surface area contributed by atoms with E-state index < -0.39 is 0 Å². The molecular weight excluding hydrogens is 236 g/mol. The number of hydrogen-bond acceptors (Lipinski definition) is 2. The molecule has 2 rings (SSSR count). The highest BCUT2D eigenvalue weighted by molar-refractivity contribution is 5.85. The fourth-order valence-electron chi connectivity index (χ4n) is 2.55. The van der Waals surface area contributed by atoms with Gasteiger partial charge in [0.15, 0.2) is 0 Å². The van der Waals surface area contributed by atoms with Gasteiger partial charge in [0.1, 0.15) is 0 Å². The summed E-state index contributed by atoms with van der Waals surface area (Å²) in [6, 6.07) is 0. The molecule has 3 nitrogen and oxygen atoms in total. The zero-order valence-electron chi connectivity index (χ0n) is 10.5. The van der Waals surface area contributed by atoms with E-state index in [0.29, 0.717) is 0 Å². The molecule has 0 bridgehead atoms. The zero-order valence-corrected chi connectivity index (χ0v) is 11.4. The van der Waals surface area contributed by atoms with Crippen LogP contribution in [-0.4, -0.2) is 25.5 Å². The van der Waals surface area contributed by atoms with Crippen LogP contribution < -0.4 is 10.6 Å². The van der Waals surface area contributed by atoms with Gasteiger partial charge >= 0.3 is 0 Å². The number of rotatable bonds is 5. The first-order chi connectivity index (χ1) is 7.84. The molecule has 0 unspecified atom stereocenters. The van der Waals surface area contributed by atoms with E-state index in [0.717, 1.165) is 44.3 Å². The van der Waals surface area contributed by atoms with Crippen LogP contribution in [0.2, 0.25) is 0 Å². The predicted molar refractivity (Wildman–Crippen MR) is 72.4 cm³/mol. The van der Waals surface area contributed by atoms with Crippen molar-refractivity contribution in [2.45, 2.75) is 44.9 Å². The third-order valence-corrected chi connectivity index (χ3v) is 4.05. The molecule has 2 fully saturated rings. The van der Waals surface area contributed by atoms with Gasteiger partial charge in [0.2, 0.25) is 5.91 Å². The Bertz CT molecular complexity index is 225. The molecule has 1 heterocycles. The van der Waals surface area contributed by atoms with Crippen molar-refractivity contribution >= 4 is 18.3 Å². The van der Waals surface area contributed by atoms with Crippen LogP contribution in [0.4, 0.5) is 0 Å². The summed E-state index contributed by atoms with van der Waals surface area (Å²) in [5, 5.41) is 6.43. The number of piperidine rings is 1. The molecule has 100 valence electrons. The van der Waals surface area contributed by atoms with Crippen LogP contribution >= 0.6 is 12.4 Å². The molecule has 1 aliphatic carbocycles. The van der Waals surface area contributed by atoms with Gasteiger partial charge < -0.3 is 10.6 Å². The van der Waals surface area contributed by atoms with E-state index in [9.17, 15) is 4.79 Å².